The molecule has 6 nitrogen and oxygen atoms in total. The van der Waals surface area contributed by atoms with Crippen LogP contribution in [-0.2, 0) is 17.8 Å². The fraction of sp³-hybridized carbons (Fsp3) is 0.889. The molecule has 25 heavy (non-hydrogen) atoms. The molecule has 0 saturated carbocycles. The van der Waals surface area contributed by atoms with Crippen molar-refractivity contribution in [3.63, 3.8) is 0 Å². The molecule has 4 rings (SSSR count). The molecule has 0 aromatic carbocycles. The second kappa shape index (κ2) is 8.80. The molecule has 1 aromatic heterocycles. The SMILES string of the molecule is CCC1CC(CN2CCC(c3nnc4n3CCNC4)CC2)CCO1.Cl. The molecule has 1 N–H and O–H groups in total. The molecule has 142 valence electrons. The number of aromatic nitrogens is 3. The van der Waals surface area contributed by atoms with Gasteiger partial charge >= 0.3 is 0 Å². The van der Waals surface area contributed by atoms with Gasteiger partial charge in [-0.25, -0.2) is 0 Å². The Labute approximate surface area is 157 Å². The van der Waals surface area contributed by atoms with E-state index < -0.39 is 0 Å². The van der Waals surface area contributed by atoms with Gasteiger partial charge in [0.25, 0.3) is 0 Å². The number of fused-ring (bicyclic) bond motifs is 1. The molecule has 4 heterocycles. The first-order chi connectivity index (χ1) is 11.8. The van der Waals surface area contributed by atoms with E-state index in [9.17, 15) is 0 Å². The van der Waals surface area contributed by atoms with Gasteiger partial charge in [0.1, 0.15) is 11.6 Å². The highest BCUT2D eigenvalue weighted by Gasteiger charge is 2.29. The molecule has 0 amide bonds. The third-order valence-corrected chi connectivity index (χ3v) is 6.05. The smallest absolute Gasteiger partial charge is 0.147 e. The number of nitrogens with one attached hydrogen (secondary N) is 1. The van der Waals surface area contributed by atoms with Crippen LogP contribution in [0.1, 0.15) is 56.6 Å². The Morgan fingerprint density at radius 3 is 2.80 bits per heavy atom. The summed E-state index contributed by atoms with van der Waals surface area (Å²) in [4.78, 5) is 2.67. The normalized spacial score (nSPS) is 28.4. The van der Waals surface area contributed by atoms with Crippen molar-refractivity contribution in [3.05, 3.63) is 11.6 Å². The lowest BCUT2D eigenvalue weighted by Gasteiger charge is -2.36. The molecule has 2 unspecified atom stereocenters. The number of hydrogen-bond donors (Lipinski definition) is 1. The lowest BCUT2D eigenvalue weighted by molar-refractivity contribution is -0.0191. The van der Waals surface area contributed by atoms with Gasteiger partial charge in [0.2, 0.25) is 0 Å². The second-order valence-corrected chi connectivity index (χ2v) is 7.67. The third-order valence-electron chi connectivity index (χ3n) is 6.05. The Morgan fingerprint density at radius 2 is 2.00 bits per heavy atom. The number of nitrogens with zero attached hydrogens (tertiary/aromatic N) is 4. The highest BCUT2D eigenvalue weighted by Crippen LogP contribution is 2.30. The van der Waals surface area contributed by atoms with Crippen LogP contribution in [-0.4, -0.2) is 58.6 Å². The summed E-state index contributed by atoms with van der Waals surface area (Å²) < 4.78 is 8.19. The van der Waals surface area contributed by atoms with Crippen molar-refractivity contribution in [3.8, 4) is 0 Å². The van der Waals surface area contributed by atoms with Crippen LogP contribution in [0.2, 0.25) is 0 Å². The Hall–Kier alpha value is -0.690. The third kappa shape index (κ3) is 4.35. The Balaban J connectivity index is 0.00000182. The Kier molecular flexibility index (Phi) is 6.72. The van der Waals surface area contributed by atoms with Gasteiger partial charge in [-0.3, -0.25) is 0 Å². The predicted octanol–water partition coefficient (Wildman–Crippen LogP) is 2.19. The van der Waals surface area contributed by atoms with Gasteiger partial charge in [0, 0.05) is 32.2 Å². The highest BCUT2D eigenvalue weighted by molar-refractivity contribution is 5.85. The summed E-state index contributed by atoms with van der Waals surface area (Å²) in [5, 5.41) is 12.3. The van der Waals surface area contributed by atoms with Crippen molar-refractivity contribution >= 4 is 12.4 Å². The fourth-order valence-corrected chi connectivity index (χ4v) is 4.56. The summed E-state index contributed by atoms with van der Waals surface area (Å²) in [6, 6.07) is 0. The number of hydrogen-bond acceptors (Lipinski definition) is 5. The maximum atomic E-state index is 5.82. The molecule has 2 fully saturated rings. The lowest BCUT2D eigenvalue weighted by Crippen LogP contribution is -2.40. The molecular formula is C18H32ClN5O. The van der Waals surface area contributed by atoms with Gasteiger partial charge in [-0.05, 0) is 51.1 Å². The van der Waals surface area contributed by atoms with Gasteiger partial charge in [-0.2, -0.15) is 0 Å². The minimum absolute atomic E-state index is 0. The Bertz CT molecular complexity index is 544. The lowest BCUT2D eigenvalue weighted by atomic mass is 9.91. The summed E-state index contributed by atoms with van der Waals surface area (Å²) in [5.41, 5.74) is 0. The molecular weight excluding hydrogens is 338 g/mol. The first-order valence-corrected chi connectivity index (χ1v) is 9.80. The number of piperidine rings is 1. The maximum Gasteiger partial charge on any atom is 0.147 e. The molecule has 2 saturated heterocycles. The van der Waals surface area contributed by atoms with E-state index in [0.29, 0.717) is 12.0 Å². The van der Waals surface area contributed by atoms with Crippen molar-refractivity contribution < 1.29 is 4.74 Å². The summed E-state index contributed by atoms with van der Waals surface area (Å²) in [7, 11) is 0. The minimum atomic E-state index is 0. The van der Waals surface area contributed by atoms with E-state index in [4.69, 9.17) is 4.74 Å². The number of likely N-dealkylation sites (tertiary alicyclic amines) is 1. The van der Waals surface area contributed by atoms with E-state index in [0.717, 1.165) is 44.4 Å². The van der Waals surface area contributed by atoms with Crippen molar-refractivity contribution in [1.82, 2.24) is 25.0 Å². The van der Waals surface area contributed by atoms with Crippen molar-refractivity contribution in [2.75, 3.05) is 32.8 Å². The number of halogens is 1. The van der Waals surface area contributed by atoms with E-state index in [2.05, 4.69) is 31.9 Å². The van der Waals surface area contributed by atoms with E-state index in [1.54, 1.807) is 0 Å². The maximum absolute atomic E-state index is 5.82. The van der Waals surface area contributed by atoms with Gasteiger partial charge in [-0.1, -0.05) is 6.92 Å². The van der Waals surface area contributed by atoms with Crippen molar-refractivity contribution in [1.29, 1.82) is 0 Å². The Morgan fingerprint density at radius 1 is 1.16 bits per heavy atom. The predicted molar refractivity (Wildman–Crippen MR) is 100 cm³/mol. The largest absolute Gasteiger partial charge is 0.378 e. The molecule has 0 radical (unpaired) electrons. The molecule has 7 heteroatoms. The quantitative estimate of drug-likeness (QED) is 0.881. The van der Waals surface area contributed by atoms with Crippen LogP contribution < -0.4 is 5.32 Å². The van der Waals surface area contributed by atoms with Crippen molar-refractivity contribution in [2.24, 2.45) is 5.92 Å². The van der Waals surface area contributed by atoms with E-state index >= 15 is 0 Å². The van der Waals surface area contributed by atoms with Crippen LogP contribution in [0, 0.1) is 5.92 Å². The topological polar surface area (TPSA) is 55.2 Å². The van der Waals surface area contributed by atoms with E-state index in [-0.39, 0.29) is 12.4 Å². The van der Waals surface area contributed by atoms with Crippen molar-refractivity contribution in [2.45, 2.75) is 64.1 Å². The monoisotopic (exact) mass is 369 g/mol. The summed E-state index contributed by atoms with van der Waals surface area (Å²) in [6.07, 6.45) is 6.60. The van der Waals surface area contributed by atoms with E-state index in [1.807, 2.05) is 0 Å². The van der Waals surface area contributed by atoms with Crippen LogP contribution in [0.4, 0.5) is 0 Å². The summed E-state index contributed by atoms with van der Waals surface area (Å²) in [5.74, 6) is 3.78. The van der Waals surface area contributed by atoms with Crippen LogP contribution >= 0.6 is 12.4 Å². The van der Waals surface area contributed by atoms with Crippen LogP contribution in [0.3, 0.4) is 0 Å². The van der Waals surface area contributed by atoms with Gasteiger partial charge in [0.05, 0.1) is 12.6 Å². The molecule has 3 aliphatic heterocycles. The molecule has 0 bridgehead atoms. The zero-order valence-electron chi connectivity index (χ0n) is 15.3. The molecule has 3 aliphatic rings. The van der Waals surface area contributed by atoms with Crippen LogP contribution in [0.5, 0.6) is 0 Å². The fourth-order valence-electron chi connectivity index (χ4n) is 4.56. The molecule has 0 spiro atoms. The number of ether oxygens (including phenoxy) is 1. The number of rotatable bonds is 4. The molecule has 2 atom stereocenters. The first kappa shape index (κ1) is 19.1. The average Bonchev–Trinajstić information content (AvgIpc) is 3.07. The average molecular weight is 370 g/mol. The molecule has 0 aliphatic carbocycles. The molecule has 1 aromatic rings. The van der Waals surface area contributed by atoms with Gasteiger partial charge in [-0.15, -0.1) is 22.6 Å². The first-order valence-electron chi connectivity index (χ1n) is 9.80. The van der Waals surface area contributed by atoms with E-state index in [1.165, 1.54) is 51.1 Å². The minimum Gasteiger partial charge on any atom is -0.378 e. The second-order valence-electron chi connectivity index (χ2n) is 7.67. The van der Waals surface area contributed by atoms with Crippen LogP contribution in [0.15, 0.2) is 0 Å². The standard InChI is InChI=1S/C18H31N5O.ClH/c1-2-16-11-14(5-10-24-16)13-22-7-3-15(4-8-22)18-21-20-17-12-19-6-9-23(17)18;/h14-16,19H,2-13H2,1H3;1H. The zero-order valence-corrected chi connectivity index (χ0v) is 16.1. The highest BCUT2D eigenvalue weighted by atomic mass is 35.5. The van der Waals surface area contributed by atoms with Crippen LogP contribution in [0.25, 0.3) is 0 Å². The zero-order chi connectivity index (χ0) is 16.4. The summed E-state index contributed by atoms with van der Waals surface area (Å²) in [6.45, 7) is 9.81. The van der Waals surface area contributed by atoms with Gasteiger partial charge in [0.15, 0.2) is 0 Å². The van der Waals surface area contributed by atoms with Gasteiger partial charge < -0.3 is 19.5 Å². The summed E-state index contributed by atoms with van der Waals surface area (Å²) >= 11 is 0.